The van der Waals surface area contributed by atoms with Gasteiger partial charge >= 0.3 is 12.2 Å². The van der Waals surface area contributed by atoms with Gasteiger partial charge in [0.15, 0.2) is 0 Å². The van der Waals surface area contributed by atoms with Crippen LogP contribution in [0.3, 0.4) is 0 Å². The van der Waals surface area contributed by atoms with Crippen molar-refractivity contribution < 1.29 is 27.2 Å². The first kappa shape index (κ1) is 19.7. The molecule has 0 aliphatic rings. The van der Waals surface area contributed by atoms with E-state index in [-0.39, 0.29) is 0 Å². The van der Waals surface area contributed by atoms with Crippen molar-refractivity contribution in [2.75, 3.05) is 5.32 Å². The van der Waals surface area contributed by atoms with Crippen molar-refractivity contribution in [3.63, 3.8) is 0 Å². The van der Waals surface area contributed by atoms with Crippen molar-refractivity contribution >= 4 is 17.6 Å². The Labute approximate surface area is 136 Å². The molecule has 0 saturated heterocycles. The van der Waals surface area contributed by atoms with Gasteiger partial charge in [0.1, 0.15) is 11.9 Å². The maximum absolute atomic E-state index is 13.5. The van der Waals surface area contributed by atoms with Crippen LogP contribution in [0.15, 0.2) is 18.2 Å². The number of anilines is 1. The smallest absolute Gasteiger partial charge is 0.350 e. The van der Waals surface area contributed by atoms with Crippen molar-refractivity contribution in [1.82, 2.24) is 10.6 Å². The van der Waals surface area contributed by atoms with Crippen molar-refractivity contribution in [2.45, 2.75) is 45.5 Å². The average molecular weight is 349 g/mol. The molecule has 134 valence electrons. The molecule has 0 fully saturated rings. The Balaban J connectivity index is 2.76. The Bertz CT molecular complexity index is 624. The SMILES string of the molecule is C[C@@H](NC(=O)Nc1cc(C(F)(F)F)ccc1F)C(=O)NC(C)(C)C. The number of hydrogen-bond donors (Lipinski definition) is 3. The third kappa shape index (κ3) is 6.05. The van der Waals surface area contributed by atoms with E-state index in [0.717, 1.165) is 0 Å². The van der Waals surface area contributed by atoms with Gasteiger partial charge in [-0.15, -0.1) is 0 Å². The number of carbonyl (C=O) groups is 2. The molecule has 24 heavy (non-hydrogen) atoms. The van der Waals surface area contributed by atoms with Gasteiger partial charge in [0.25, 0.3) is 0 Å². The van der Waals surface area contributed by atoms with Crippen molar-refractivity contribution in [2.24, 2.45) is 0 Å². The number of carbonyl (C=O) groups excluding carboxylic acids is 2. The molecule has 1 rings (SSSR count). The summed E-state index contributed by atoms with van der Waals surface area (Å²) in [5, 5.41) is 6.82. The van der Waals surface area contributed by atoms with E-state index in [1.165, 1.54) is 6.92 Å². The minimum Gasteiger partial charge on any atom is -0.350 e. The Morgan fingerprint density at radius 2 is 1.71 bits per heavy atom. The summed E-state index contributed by atoms with van der Waals surface area (Å²) >= 11 is 0. The van der Waals surface area contributed by atoms with Gasteiger partial charge in [0, 0.05) is 5.54 Å². The second kappa shape index (κ2) is 7.06. The number of benzene rings is 1. The van der Waals surface area contributed by atoms with Crippen molar-refractivity contribution in [1.29, 1.82) is 0 Å². The fraction of sp³-hybridized carbons (Fsp3) is 0.467. The predicted octanol–water partition coefficient (Wildman–Crippen LogP) is 3.27. The van der Waals surface area contributed by atoms with Gasteiger partial charge in [-0.05, 0) is 45.9 Å². The Hall–Kier alpha value is -2.32. The molecule has 0 aliphatic carbocycles. The molecule has 0 aromatic heterocycles. The summed E-state index contributed by atoms with van der Waals surface area (Å²) in [6, 6.07) is -0.302. The molecule has 1 aromatic rings. The highest BCUT2D eigenvalue weighted by Gasteiger charge is 2.31. The van der Waals surface area contributed by atoms with E-state index < -0.39 is 46.8 Å². The molecular weight excluding hydrogens is 330 g/mol. The molecule has 0 spiro atoms. The largest absolute Gasteiger partial charge is 0.416 e. The third-order valence-corrected chi connectivity index (χ3v) is 2.78. The third-order valence-electron chi connectivity index (χ3n) is 2.78. The normalized spacial score (nSPS) is 13.2. The first-order valence-electron chi connectivity index (χ1n) is 7.06. The molecule has 1 atom stereocenters. The molecule has 0 heterocycles. The summed E-state index contributed by atoms with van der Waals surface area (Å²) in [6.07, 6.45) is -4.67. The van der Waals surface area contributed by atoms with Crippen LogP contribution in [0.1, 0.15) is 33.3 Å². The zero-order valence-electron chi connectivity index (χ0n) is 13.6. The summed E-state index contributed by atoms with van der Waals surface area (Å²) in [4.78, 5) is 23.6. The topological polar surface area (TPSA) is 70.2 Å². The summed E-state index contributed by atoms with van der Waals surface area (Å²) in [6.45, 7) is 6.63. The van der Waals surface area contributed by atoms with Gasteiger partial charge in [-0.3, -0.25) is 4.79 Å². The van der Waals surface area contributed by atoms with Crippen LogP contribution >= 0.6 is 0 Å². The van der Waals surface area contributed by atoms with Gasteiger partial charge < -0.3 is 16.0 Å². The van der Waals surface area contributed by atoms with Crippen LogP contribution in [0.4, 0.5) is 28.0 Å². The highest BCUT2D eigenvalue weighted by molar-refractivity contribution is 5.93. The fourth-order valence-corrected chi connectivity index (χ4v) is 1.70. The van der Waals surface area contributed by atoms with Crippen molar-refractivity contribution in [3.8, 4) is 0 Å². The quantitative estimate of drug-likeness (QED) is 0.733. The van der Waals surface area contributed by atoms with E-state index in [2.05, 4.69) is 10.6 Å². The van der Waals surface area contributed by atoms with Crippen LogP contribution in [0.2, 0.25) is 0 Å². The molecular formula is C15H19F4N3O2. The van der Waals surface area contributed by atoms with E-state index in [0.29, 0.717) is 18.2 Å². The monoisotopic (exact) mass is 349 g/mol. The number of urea groups is 1. The fourth-order valence-electron chi connectivity index (χ4n) is 1.70. The average Bonchev–Trinajstić information content (AvgIpc) is 2.37. The molecule has 0 aliphatic heterocycles. The van der Waals surface area contributed by atoms with Crippen LogP contribution in [0, 0.1) is 5.82 Å². The van der Waals surface area contributed by atoms with Gasteiger partial charge in [-0.25, -0.2) is 9.18 Å². The first-order chi connectivity index (χ1) is 10.8. The molecule has 5 nitrogen and oxygen atoms in total. The predicted molar refractivity (Wildman–Crippen MR) is 80.9 cm³/mol. The highest BCUT2D eigenvalue weighted by atomic mass is 19.4. The summed E-state index contributed by atoms with van der Waals surface area (Å²) in [5.74, 6) is -1.51. The number of halogens is 4. The lowest BCUT2D eigenvalue weighted by molar-refractivity contribution is -0.137. The minimum absolute atomic E-state index is 0.481. The standard InChI is InChI=1S/C15H19F4N3O2/c1-8(12(23)22-14(2,3)4)20-13(24)21-11-7-9(15(17,18)19)5-6-10(11)16/h5-8H,1-4H3,(H,22,23)(H2,20,21,24)/t8-/m1/s1. The maximum atomic E-state index is 13.5. The van der Waals surface area contributed by atoms with Crippen molar-refractivity contribution in [3.05, 3.63) is 29.6 Å². The molecule has 0 radical (unpaired) electrons. The van der Waals surface area contributed by atoms with Crippen LogP contribution in [0.5, 0.6) is 0 Å². The Kier molecular flexibility index (Phi) is 5.80. The number of alkyl halides is 3. The van der Waals surface area contributed by atoms with Gasteiger partial charge in [-0.1, -0.05) is 0 Å². The summed E-state index contributed by atoms with van der Waals surface area (Å²) in [5.41, 5.74) is -2.25. The Morgan fingerprint density at radius 1 is 1.12 bits per heavy atom. The lowest BCUT2D eigenvalue weighted by Gasteiger charge is -2.23. The van der Waals surface area contributed by atoms with Gasteiger partial charge in [0.05, 0.1) is 11.3 Å². The minimum atomic E-state index is -4.67. The zero-order valence-corrected chi connectivity index (χ0v) is 13.6. The maximum Gasteiger partial charge on any atom is 0.416 e. The molecule has 0 unspecified atom stereocenters. The zero-order chi connectivity index (χ0) is 18.7. The van der Waals surface area contributed by atoms with Crippen LogP contribution in [-0.4, -0.2) is 23.5 Å². The number of amides is 3. The summed E-state index contributed by atoms with van der Waals surface area (Å²) in [7, 11) is 0. The molecule has 3 N–H and O–H groups in total. The number of nitrogens with one attached hydrogen (secondary N) is 3. The lowest BCUT2D eigenvalue weighted by atomic mass is 10.1. The van der Waals surface area contributed by atoms with Crippen LogP contribution in [0.25, 0.3) is 0 Å². The van der Waals surface area contributed by atoms with Gasteiger partial charge in [-0.2, -0.15) is 13.2 Å². The number of hydrogen-bond acceptors (Lipinski definition) is 2. The van der Waals surface area contributed by atoms with E-state index in [9.17, 15) is 27.2 Å². The lowest BCUT2D eigenvalue weighted by Crippen LogP contribution is -2.51. The van der Waals surface area contributed by atoms with Gasteiger partial charge in [0.2, 0.25) is 5.91 Å². The molecule has 0 bridgehead atoms. The second-order valence-electron chi connectivity index (χ2n) is 6.25. The van der Waals surface area contributed by atoms with Crippen LogP contribution < -0.4 is 16.0 Å². The van der Waals surface area contributed by atoms with E-state index in [1.54, 1.807) is 20.8 Å². The molecule has 0 saturated carbocycles. The molecule has 9 heteroatoms. The van der Waals surface area contributed by atoms with E-state index in [4.69, 9.17) is 0 Å². The number of rotatable bonds is 3. The van der Waals surface area contributed by atoms with E-state index in [1.807, 2.05) is 5.32 Å². The Morgan fingerprint density at radius 3 is 2.21 bits per heavy atom. The van der Waals surface area contributed by atoms with Crippen LogP contribution in [-0.2, 0) is 11.0 Å². The molecule has 1 aromatic carbocycles. The molecule has 3 amide bonds. The second-order valence-corrected chi connectivity index (χ2v) is 6.25. The first-order valence-corrected chi connectivity index (χ1v) is 7.06. The highest BCUT2D eigenvalue weighted by Crippen LogP contribution is 2.31. The summed E-state index contributed by atoms with van der Waals surface area (Å²) < 4.78 is 51.4. The van der Waals surface area contributed by atoms with E-state index >= 15 is 0 Å².